The highest BCUT2D eigenvalue weighted by atomic mass is 16.5. The molecule has 0 spiro atoms. The molecule has 2 N–H and O–H groups in total. The summed E-state index contributed by atoms with van der Waals surface area (Å²) >= 11 is 0. The molecule has 2 aromatic heterocycles. The van der Waals surface area contributed by atoms with Crippen LogP contribution in [0.2, 0.25) is 0 Å². The van der Waals surface area contributed by atoms with E-state index < -0.39 is 0 Å². The molecule has 23 heavy (non-hydrogen) atoms. The maximum absolute atomic E-state index is 5.93. The molecule has 2 atom stereocenters. The summed E-state index contributed by atoms with van der Waals surface area (Å²) in [6.07, 6.45) is 7.72. The van der Waals surface area contributed by atoms with Crippen molar-refractivity contribution >= 4 is 10.9 Å². The molecule has 1 saturated heterocycles. The van der Waals surface area contributed by atoms with Gasteiger partial charge in [0.1, 0.15) is 6.10 Å². The van der Waals surface area contributed by atoms with Crippen molar-refractivity contribution in [1.82, 2.24) is 25.1 Å². The average Bonchev–Trinajstić information content (AvgIpc) is 3.22. The average molecular weight is 311 g/mol. The molecule has 0 bridgehead atoms. The molecule has 4 rings (SSSR count). The maximum Gasteiger partial charge on any atom is 0.100 e. The maximum atomic E-state index is 5.93. The van der Waals surface area contributed by atoms with Gasteiger partial charge in [0.2, 0.25) is 0 Å². The van der Waals surface area contributed by atoms with E-state index in [-0.39, 0.29) is 6.10 Å². The Morgan fingerprint density at radius 2 is 2.35 bits per heavy atom. The van der Waals surface area contributed by atoms with Crippen molar-refractivity contribution in [3.63, 3.8) is 0 Å². The SMILES string of the molecule is Cn1cncc1[C@H]1C[C@@H](NCc2cccc3cn[nH]c23)CCO1. The minimum atomic E-state index is 0.122. The van der Waals surface area contributed by atoms with Crippen molar-refractivity contribution in [2.75, 3.05) is 6.61 Å². The lowest BCUT2D eigenvalue weighted by atomic mass is 10.0. The van der Waals surface area contributed by atoms with Gasteiger partial charge in [0.15, 0.2) is 0 Å². The molecule has 0 amide bonds. The third-order valence-electron chi connectivity index (χ3n) is 4.61. The standard InChI is InChI=1S/C17H21N5O/c1-22-11-18-10-15(22)16-7-14(5-6-23-16)19-8-12-3-2-4-13-9-20-21-17(12)13/h2-4,9-11,14,16,19H,5-8H2,1H3,(H,20,21)/t14-,16+/m0/s1. The van der Waals surface area contributed by atoms with E-state index in [4.69, 9.17) is 4.74 Å². The molecule has 6 heteroatoms. The van der Waals surface area contributed by atoms with Gasteiger partial charge in [0.05, 0.1) is 29.9 Å². The number of nitrogens with one attached hydrogen (secondary N) is 2. The molecular formula is C17H21N5O. The van der Waals surface area contributed by atoms with Crippen LogP contribution >= 0.6 is 0 Å². The number of nitrogens with zero attached hydrogens (tertiary/aromatic N) is 3. The van der Waals surface area contributed by atoms with Crippen LogP contribution in [-0.2, 0) is 18.3 Å². The van der Waals surface area contributed by atoms with Gasteiger partial charge in [-0.25, -0.2) is 4.98 Å². The van der Waals surface area contributed by atoms with Gasteiger partial charge in [-0.2, -0.15) is 5.10 Å². The number of ether oxygens (including phenoxy) is 1. The molecule has 1 aliphatic heterocycles. The van der Waals surface area contributed by atoms with Crippen molar-refractivity contribution < 1.29 is 4.74 Å². The first-order chi connectivity index (χ1) is 11.3. The Bertz CT molecular complexity index is 793. The Labute approximate surface area is 134 Å². The number of imidazole rings is 1. The minimum Gasteiger partial charge on any atom is -0.372 e. The summed E-state index contributed by atoms with van der Waals surface area (Å²) in [5.41, 5.74) is 3.52. The van der Waals surface area contributed by atoms with E-state index in [0.717, 1.165) is 42.6 Å². The van der Waals surface area contributed by atoms with Crippen LogP contribution in [0, 0.1) is 0 Å². The first-order valence-corrected chi connectivity index (χ1v) is 8.03. The molecule has 0 aliphatic carbocycles. The highest BCUT2D eigenvalue weighted by molar-refractivity contribution is 5.81. The number of aryl methyl sites for hydroxylation is 1. The predicted octanol–water partition coefficient (Wildman–Crippen LogP) is 2.31. The summed E-state index contributed by atoms with van der Waals surface area (Å²) in [4.78, 5) is 4.20. The normalized spacial score (nSPS) is 21.8. The number of hydrogen-bond donors (Lipinski definition) is 2. The fourth-order valence-corrected chi connectivity index (χ4v) is 3.30. The lowest BCUT2D eigenvalue weighted by Crippen LogP contribution is -2.36. The quantitative estimate of drug-likeness (QED) is 0.776. The van der Waals surface area contributed by atoms with Crippen LogP contribution in [0.4, 0.5) is 0 Å². The van der Waals surface area contributed by atoms with E-state index in [9.17, 15) is 0 Å². The van der Waals surface area contributed by atoms with E-state index in [1.54, 1.807) is 0 Å². The van der Waals surface area contributed by atoms with Gasteiger partial charge >= 0.3 is 0 Å². The van der Waals surface area contributed by atoms with Gasteiger partial charge in [-0.3, -0.25) is 5.10 Å². The van der Waals surface area contributed by atoms with E-state index in [1.165, 1.54) is 5.56 Å². The van der Waals surface area contributed by atoms with Crippen molar-refractivity contribution in [2.45, 2.75) is 31.5 Å². The topological polar surface area (TPSA) is 67.8 Å². The lowest BCUT2D eigenvalue weighted by Gasteiger charge is -2.30. The second-order valence-corrected chi connectivity index (χ2v) is 6.14. The third-order valence-corrected chi connectivity index (χ3v) is 4.61. The highest BCUT2D eigenvalue weighted by Crippen LogP contribution is 2.28. The van der Waals surface area contributed by atoms with Crippen LogP contribution in [0.25, 0.3) is 10.9 Å². The van der Waals surface area contributed by atoms with Crippen LogP contribution in [-0.4, -0.2) is 32.4 Å². The third kappa shape index (κ3) is 2.87. The molecule has 1 aliphatic rings. The summed E-state index contributed by atoms with van der Waals surface area (Å²) in [7, 11) is 2.02. The molecule has 0 unspecified atom stereocenters. The summed E-state index contributed by atoms with van der Waals surface area (Å²) in [5.74, 6) is 0. The number of hydrogen-bond acceptors (Lipinski definition) is 4. The number of fused-ring (bicyclic) bond motifs is 1. The first-order valence-electron chi connectivity index (χ1n) is 8.03. The molecular weight excluding hydrogens is 290 g/mol. The van der Waals surface area contributed by atoms with Crippen LogP contribution in [0.3, 0.4) is 0 Å². The molecule has 3 heterocycles. The van der Waals surface area contributed by atoms with Crippen LogP contribution < -0.4 is 5.32 Å². The highest BCUT2D eigenvalue weighted by Gasteiger charge is 2.25. The number of H-pyrrole nitrogens is 1. The number of para-hydroxylation sites is 1. The Morgan fingerprint density at radius 3 is 3.22 bits per heavy atom. The van der Waals surface area contributed by atoms with Gasteiger partial charge in [0.25, 0.3) is 0 Å². The zero-order valence-corrected chi connectivity index (χ0v) is 13.2. The van der Waals surface area contributed by atoms with Crippen molar-refractivity contribution in [3.8, 4) is 0 Å². The fraction of sp³-hybridized carbons (Fsp3) is 0.412. The second-order valence-electron chi connectivity index (χ2n) is 6.14. The van der Waals surface area contributed by atoms with Crippen LogP contribution in [0.1, 0.15) is 30.2 Å². The fourth-order valence-electron chi connectivity index (χ4n) is 3.30. The Balaban J connectivity index is 1.43. The van der Waals surface area contributed by atoms with Crippen LogP contribution in [0.15, 0.2) is 36.9 Å². The Hall–Kier alpha value is -2.18. The number of benzene rings is 1. The zero-order valence-electron chi connectivity index (χ0n) is 13.2. The zero-order chi connectivity index (χ0) is 15.6. The van der Waals surface area contributed by atoms with Gasteiger partial charge in [-0.15, -0.1) is 0 Å². The molecule has 0 radical (unpaired) electrons. The number of aromatic amines is 1. The molecule has 6 nitrogen and oxygen atoms in total. The van der Waals surface area contributed by atoms with Gasteiger partial charge < -0.3 is 14.6 Å². The predicted molar refractivity (Wildman–Crippen MR) is 87.9 cm³/mol. The van der Waals surface area contributed by atoms with E-state index in [0.29, 0.717) is 6.04 Å². The molecule has 1 fully saturated rings. The molecule has 0 saturated carbocycles. The van der Waals surface area contributed by atoms with E-state index in [1.807, 2.05) is 30.3 Å². The molecule has 1 aromatic carbocycles. The largest absolute Gasteiger partial charge is 0.372 e. The lowest BCUT2D eigenvalue weighted by molar-refractivity contribution is -0.00402. The summed E-state index contributed by atoms with van der Waals surface area (Å²) in [6, 6.07) is 6.75. The van der Waals surface area contributed by atoms with E-state index in [2.05, 4.69) is 38.7 Å². The summed E-state index contributed by atoms with van der Waals surface area (Å²) < 4.78 is 7.97. The van der Waals surface area contributed by atoms with Crippen molar-refractivity contribution in [2.24, 2.45) is 7.05 Å². The van der Waals surface area contributed by atoms with Crippen molar-refractivity contribution in [3.05, 3.63) is 48.2 Å². The van der Waals surface area contributed by atoms with Crippen molar-refractivity contribution in [1.29, 1.82) is 0 Å². The second kappa shape index (κ2) is 6.14. The van der Waals surface area contributed by atoms with Crippen LogP contribution in [0.5, 0.6) is 0 Å². The van der Waals surface area contributed by atoms with Gasteiger partial charge in [-0.1, -0.05) is 18.2 Å². The number of rotatable bonds is 4. The van der Waals surface area contributed by atoms with Gasteiger partial charge in [0, 0.05) is 31.6 Å². The molecule has 120 valence electrons. The monoisotopic (exact) mass is 311 g/mol. The summed E-state index contributed by atoms with van der Waals surface area (Å²) in [6.45, 7) is 1.62. The summed E-state index contributed by atoms with van der Waals surface area (Å²) in [5, 5.41) is 12.0. The molecule has 3 aromatic rings. The number of aromatic nitrogens is 4. The van der Waals surface area contributed by atoms with E-state index >= 15 is 0 Å². The van der Waals surface area contributed by atoms with Gasteiger partial charge in [-0.05, 0) is 18.4 Å². The minimum absolute atomic E-state index is 0.122. The smallest absolute Gasteiger partial charge is 0.100 e. The first kappa shape index (κ1) is 14.4. The Kier molecular flexibility index (Phi) is 3.85. The Morgan fingerprint density at radius 1 is 1.39 bits per heavy atom.